The number of nitrogens with two attached hydrogens (primary N) is 9. The third-order valence-corrected chi connectivity index (χ3v) is 8.31. The molecule has 23 heteroatoms. The second-order valence-corrected chi connectivity index (χ2v) is 13.1. The van der Waals surface area contributed by atoms with Gasteiger partial charge in [-0.15, -0.1) is 0 Å². The number of carbonyl (C=O) groups is 6. The summed E-state index contributed by atoms with van der Waals surface area (Å²) in [6, 6.07) is -2.23. The molecule has 0 bridgehead atoms. The van der Waals surface area contributed by atoms with Crippen molar-refractivity contribution in [3.8, 4) is 0 Å². The van der Waals surface area contributed by atoms with Crippen LogP contribution in [0.4, 0.5) is 0 Å². The fraction of sp³-hybridized carbons (Fsp3) is 0.697. The first-order valence-electron chi connectivity index (χ1n) is 18.3. The van der Waals surface area contributed by atoms with E-state index in [4.69, 9.17) is 56.3 Å². The van der Waals surface area contributed by atoms with Gasteiger partial charge in [0.25, 0.3) is 0 Å². The summed E-state index contributed by atoms with van der Waals surface area (Å²) in [6.45, 7) is 2.08. The van der Waals surface area contributed by atoms with Crippen molar-refractivity contribution < 1.29 is 33.5 Å². The van der Waals surface area contributed by atoms with E-state index in [9.17, 15) is 28.8 Å². The Hall–Kier alpha value is -5.74. The summed E-state index contributed by atoms with van der Waals surface area (Å²) in [5, 5.41) is 5.39. The average Bonchev–Trinajstić information content (AvgIpc) is 3.10. The summed E-state index contributed by atoms with van der Waals surface area (Å²) in [7, 11) is 1.46. The molecule has 0 heterocycles. The summed E-state index contributed by atoms with van der Waals surface area (Å²) in [4.78, 5) is 96.1. The van der Waals surface area contributed by atoms with Crippen LogP contribution in [-0.2, 0) is 33.5 Å². The highest BCUT2D eigenvalue weighted by molar-refractivity contribution is 5.95. The highest BCUT2D eigenvalue weighted by atomic mass is 16.5. The summed E-state index contributed by atoms with van der Waals surface area (Å²) >= 11 is 0. The van der Waals surface area contributed by atoms with E-state index in [1.165, 1.54) is 18.9 Å². The molecule has 0 aromatic heterocycles. The zero-order valence-corrected chi connectivity index (χ0v) is 32.6. The van der Waals surface area contributed by atoms with Crippen LogP contribution < -0.4 is 62.2 Å². The molecule has 4 unspecified atom stereocenters. The minimum atomic E-state index is -1.14. The molecule has 318 valence electrons. The number of nitrogens with one attached hydrogen (secondary N) is 2. The maximum absolute atomic E-state index is 14.0. The van der Waals surface area contributed by atoms with E-state index >= 15 is 0 Å². The number of Topliss-reactive ketones (excluding diaryl/α,β-unsaturated/α-hetero) is 2. The first kappa shape index (κ1) is 50.3. The van der Waals surface area contributed by atoms with Crippen LogP contribution in [0.3, 0.4) is 0 Å². The molecule has 20 N–H and O–H groups in total. The van der Waals surface area contributed by atoms with Gasteiger partial charge in [-0.25, -0.2) is 0 Å². The van der Waals surface area contributed by atoms with Gasteiger partial charge in [0.05, 0.1) is 19.2 Å². The molecule has 0 spiro atoms. The number of nitrogens with zero attached hydrogens (tertiary/aromatic N) is 5. The zero-order valence-electron chi connectivity index (χ0n) is 32.6. The number of aliphatic imine (C=N–C) groups is 4. The molecule has 0 aromatic carbocycles. The van der Waals surface area contributed by atoms with E-state index in [0.717, 1.165) is 0 Å². The van der Waals surface area contributed by atoms with Crippen LogP contribution in [0.2, 0.25) is 0 Å². The van der Waals surface area contributed by atoms with Gasteiger partial charge in [-0.3, -0.25) is 48.7 Å². The first-order chi connectivity index (χ1) is 26.4. The minimum absolute atomic E-state index is 0.0716. The third-order valence-electron chi connectivity index (χ3n) is 8.31. The lowest BCUT2D eigenvalue weighted by atomic mass is 9.90. The molecule has 0 aliphatic heterocycles. The number of hydrogen-bond donors (Lipinski definition) is 11. The van der Waals surface area contributed by atoms with Crippen LogP contribution in [0.5, 0.6) is 0 Å². The van der Waals surface area contributed by atoms with Crippen molar-refractivity contribution in [2.24, 2.45) is 83.4 Å². The van der Waals surface area contributed by atoms with E-state index in [1.807, 2.05) is 0 Å². The lowest BCUT2D eigenvalue weighted by Crippen LogP contribution is -2.48. The van der Waals surface area contributed by atoms with Crippen LogP contribution >= 0.6 is 0 Å². The lowest BCUT2D eigenvalue weighted by Gasteiger charge is -2.25. The number of hydrogen-bond acceptors (Lipinski definition) is 11. The fourth-order valence-corrected chi connectivity index (χ4v) is 5.42. The molecule has 0 saturated carbocycles. The molecule has 0 radical (unpaired) electrons. The van der Waals surface area contributed by atoms with Crippen molar-refractivity contribution in [1.29, 1.82) is 0 Å². The molecule has 0 rings (SSSR count). The van der Waals surface area contributed by atoms with Crippen LogP contribution in [0.1, 0.15) is 71.1 Å². The van der Waals surface area contributed by atoms with Gasteiger partial charge in [0.15, 0.2) is 35.4 Å². The molecule has 23 nitrogen and oxygen atoms in total. The number of methoxy groups -OCH3 is 1. The molecular weight excluding hydrogens is 732 g/mol. The molecule has 0 aliphatic carbocycles. The summed E-state index contributed by atoms with van der Waals surface area (Å²) in [6.07, 6.45) is 1.05. The lowest BCUT2D eigenvalue weighted by molar-refractivity contribution is -0.136. The maximum Gasteiger partial charge on any atom is 0.240 e. The van der Waals surface area contributed by atoms with Crippen molar-refractivity contribution in [2.75, 3.05) is 53.0 Å². The SMILES string of the molecule is COCCN(CC(=O)CC(CCCN=C(N)N)C(=O)NC(CCCN=C(N)N)C(=O)CC(CCCN=C(N)N)C(=O)NC(CCCN=C(N)N)C(N)=O)C(C)=O. The molecular formula is C33H64N16O7. The van der Waals surface area contributed by atoms with Gasteiger partial charge in [-0.2, -0.15) is 0 Å². The van der Waals surface area contributed by atoms with Gasteiger partial charge in [-0.05, 0) is 51.4 Å². The Morgan fingerprint density at radius 2 is 0.982 bits per heavy atom. The normalized spacial score (nSPS) is 12.8. The number of rotatable bonds is 31. The van der Waals surface area contributed by atoms with Gasteiger partial charge < -0.3 is 71.9 Å². The van der Waals surface area contributed by atoms with Crippen molar-refractivity contribution in [3.05, 3.63) is 0 Å². The van der Waals surface area contributed by atoms with Crippen LogP contribution in [0.15, 0.2) is 20.0 Å². The maximum atomic E-state index is 14.0. The van der Waals surface area contributed by atoms with Crippen molar-refractivity contribution in [1.82, 2.24) is 15.5 Å². The number of primary amides is 1. The number of carbonyl (C=O) groups excluding carboxylic acids is 6. The Balaban J connectivity index is 6.41. The van der Waals surface area contributed by atoms with Gasteiger partial charge >= 0.3 is 0 Å². The van der Waals surface area contributed by atoms with Gasteiger partial charge in [-0.1, -0.05) is 0 Å². The van der Waals surface area contributed by atoms with E-state index in [0.29, 0.717) is 12.8 Å². The molecule has 56 heavy (non-hydrogen) atoms. The predicted octanol–water partition coefficient (Wildman–Crippen LogP) is -4.70. The molecule has 0 aromatic rings. The standard InChI is InChI=1S/C33H64N16O7/c1-20(50)49(15-16-56-2)19-23(51)17-21(7-3-11-43-30(35)36)28(54)47-24(9-5-13-45-32(39)40)26(52)18-22(8-4-12-44-31(37)38)29(55)48-25(27(34)53)10-6-14-46-33(41)42/h21-22,24-25H,3-19H2,1-2H3,(H2,34,53)(H,47,54)(H,48,55)(H4,35,36,43)(H4,37,38,44)(H4,39,40,45)(H4,41,42,46). The Kier molecular flexibility index (Phi) is 25.7. The average molecular weight is 797 g/mol. The Morgan fingerprint density at radius 3 is 1.38 bits per heavy atom. The van der Waals surface area contributed by atoms with Gasteiger partial charge in [0, 0.05) is 71.4 Å². The van der Waals surface area contributed by atoms with Crippen LogP contribution in [0, 0.1) is 11.8 Å². The minimum Gasteiger partial charge on any atom is -0.383 e. The molecule has 0 saturated heterocycles. The van der Waals surface area contributed by atoms with Crippen LogP contribution in [0.25, 0.3) is 0 Å². The largest absolute Gasteiger partial charge is 0.383 e. The number of ketones is 2. The number of guanidine groups is 4. The Bertz CT molecular complexity index is 1390. The molecule has 4 atom stereocenters. The summed E-state index contributed by atoms with van der Waals surface area (Å²) in [5.41, 5.74) is 49.0. The highest BCUT2D eigenvalue weighted by Gasteiger charge is 2.31. The molecule has 0 aliphatic rings. The monoisotopic (exact) mass is 797 g/mol. The van der Waals surface area contributed by atoms with Crippen molar-refractivity contribution in [2.45, 2.75) is 83.2 Å². The third kappa shape index (κ3) is 24.6. The van der Waals surface area contributed by atoms with E-state index < -0.39 is 53.2 Å². The first-order valence-corrected chi connectivity index (χ1v) is 18.3. The fourth-order valence-electron chi connectivity index (χ4n) is 5.42. The van der Waals surface area contributed by atoms with Crippen molar-refractivity contribution in [3.63, 3.8) is 0 Å². The topological polar surface area (TPSA) is 423 Å². The number of amides is 4. The van der Waals surface area contributed by atoms with Gasteiger partial charge in [0.1, 0.15) is 6.04 Å². The second kappa shape index (κ2) is 28.7. The highest BCUT2D eigenvalue weighted by Crippen LogP contribution is 2.19. The molecule has 0 fully saturated rings. The smallest absolute Gasteiger partial charge is 0.240 e. The Labute approximate surface area is 327 Å². The van der Waals surface area contributed by atoms with Crippen LogP contribution in [-0.4, -0.2) is 129 Å². The predicted molar refractivity (Wildman–Crippen MR) is 213 cm³/mol. The quantitative estimate of drug-likeness (QED) is 0.0178. The van der Waals surface area contributed by atoms with Gasteiger partial charge in [0.2, 0.25) is 23.6 Å². The molecule has 4 amide bonds. The summed E-state index contributed by atoms with van der Waals surface area (Å²) < 4.78 is 5.03. The van der Waals surface area contributed by atoms with E-state index in [-0.39, 0.29) is 127 Å². The Morgan fingerprint density at radius 1 is 0.589 bits per heavy atom. The van der Waals surface area contributed by atoms with E-state index in [1.54, 1.807) is 0 Å². The van der Waals surface area contributed by atoms with E-state index in [2.05, 4.69) is 30.6 Å². The second-order valence-electron chi connectivity index (χ2n) is 13.1. The van der Waals surface area contributed by atoms with Crippen molar-refractivity contribution >= 4 is 59.0 Å². The summed E-state index contributed by atoms with van der Waals surface area (Å²) in [5.74, 6) is -5.83. The number of ether oxygens (including phenoxy) is 1. The zero-order chi connectivity index (χ0) is 42.6.